The predicted molar refractivity (Wildman–Crippen MR) is 100 cm³/mol. The number of H-pyrrole nitrogens is 1. The van der Waals surface area contributed by atoms with E-state index in [1.807, 2.05) is 18.2 Å². The quantitative estimate of drug-likeness (QED) is 0.711. The Labute approximate surface area is 154 Å². The van der Waals surface area contributed by atoms with Crippen LogP contribution in [0.1, 0.15) is 21.7 Å². The van der Waals surface area contributed by atoms with Gasteiger partial charge in [-0.1, -0.05) is 23.7 Å². The van der Waals surface area contributed by atoms with Crippen molar-refractivity contribution in [1.82, 2.24) is 9.97 Å². The molecule has 132 valence electrons. The SMILES string of the molecule is COC(=O)c1ccc2c(=O)[nH]c(/C(Cl)=C/c3cccc(OC)c3)nc2c1. The van der Waals surface area contributed by atoms with Gasteiger partial charge in [0.1, 0.15) is 5.75 Å². The van der Waals surface area contributed by atoms with E-state index in [0.29, 0.717) is 22.2 Å². The summed E-state index contributed by atoms with van der Waals surface area (Å²) >= 11 is 6.33. The lowest BCUT2D eigenvalue weighted by Crippen LogP contribution is -2.11. The van der Waals surface area contributed by atoms with Gasteiger partial charge < -0.3 is 14.5 Å². The van der Waals surface area contributed by atoms with Crippen molar-refractivity contribution in [2.75, 3.05) is 14.2 Å². The fourth-order valence-electron chi connectivity index (χ4n) is 2.44. The van der Waals surface area contributed by atoms with Crippen molar-refractivity contribution in [3.05, 3.63) is 69.8 Å². The number of fused-ring (bicyclic) bond motifs is 1. The summed E-state index contributed by atoms with van der Waals surface area (Å²) in [5.41, 5.74) is 1.10. The Bertz CT molecular complexity index is 1070. The Kier molecular flexibility index (Phi) is 5.04. The first-order valence-corrected chi connectivity index (χ1v) is 8.03. The number of hydrogen-bond acceptors (Lipinski definition) is 5. The molecule has 26 heavy (non-hydrogen) atoms. The van der Waals surface area contributed by atoms with Crippen LogP contribution in [0.5, 0.6) is 5.75 Å². The fourth-order valence-corrected chi connectivity index (χ4v) is 2.66. The van der Waals surface area contributed by atoms with Gasteiger partial charge in [-0.15, -0.1) is 0 Å². The van der Waals surface area contributed by atoms with Crippen molar-refractivity contribution in [3.63, 3.8) is 0 Å². The van der Waals surface area contributed by atoms with E-state index >= 15 is 0 Å². The summed E-state index contributed by atoms with van der Waals surface area (Å²) in [6.45, 7) is 0. The number of esters is 1. The average Bonchev–Trinajstić information content (AvgIpc) is 2.66. The minimum atomic E-state index is -0.506. The number of benzene rings is 2. The Morgan fingerprint density at radius 1 is 1.19 bits per heavy atom. The van der Waals surface area contributed by atoms with Gasteiger partial charge in [0.15, 0.2) is 5.82 Å². The van der Waals surface area contributed by atoms with Gasteiger partial charge in [0, 0.05) is 0 Å². The minimum Gasteiger partial charge on any atom is -0.497 e. The molecule has 1 N–H and O–H groups in total. The molecule has 6 nitrogen and oxygen atoms in total. The average molecular weight is 371 g/mol. The van der Waals surface area contributed by atoms with E-state index in [4.69, 9.17) is 21.1 Å². The first-order chi connectivity index (χ1) is 12.5. The van der Waals surface area contributed by atoms with Crippen LogP contribution in [-0.2, 0) is 4.74 Å². The summed E-state index contributed by atoms with van der Waals surface area (Å²) in [6, 6.07) is 11.8. The van der Waals surface area contributed by atoms with Crippen molar-refractivity contribution in [1.29, 1.82) is 0 Å². The van der Waals surface area contributed by atoms with E-state index < -0.39 is 5.97 Å². The summed E-state index contributed by atoms with van der Waals surface area (Å²) < 4.78 is 9.87. The van der Waals surface area contributed by atoms with Crippen molar-refractivity contribution in [3.8, 4) is 5.75 Å². The largest absolute Gasteiger partial charge is 0.497 e. The molecule has 0 saturated heterocycles. The fraction of sp³-hybridized carbons (Fsp3) is 0.105. The zero-order valence-corrected chi connectivity index (χ0v) is 14.8. The second-order valence-corrected chi connectivity index (χ2v) is 5.81. The number of ether oxygens (including phenoxy) is 2. The molecule has 1 aromatic heterocycles. The highest BCUT2D eigenvalue weighted by Crippen LogP contribution is 2.22. The van der Waals surface area contributed by atoms with Crippen LogP contribution in [0.25, 0.3) is 22.0 Å². The summed E-state index contributed by atoms with van der Waals surface area (Å²) in [4.78, 5) is 31.0. The molecule has 0 unspecified atom stereocenters. The van der Waals surface area contributed by atoms with E-state index in [1.54, 1.807) is 19.3 Å². The van der Waals surface area contributed by atoms with Crippen LogP contribution in [0.3, 0.4) is 0 Å². The molecule has 0 aliphatic rings. The third-order valence-electron chi connectivity index (χ3n) is 3.74. The molecule has 2 aromatic carbocycles. The summed E-state index contributed by atoms with van der Waals surface area (Å²) in [7, 11) is 2.86. The molecule has 3 aromatic rings. The summed E-state index contributed by atoms with van der Waals surface area (Å²) in [6.07, 6.45) is 1.67. The lowest BCUT2D eigenvalue weighted by Gasteiger charge is -2.05. The van der Waals surface area contributed by atoms with Crippen LogP contribution in [0.2, 0.25) is 0 Å². The molecule has 0 saturated carbocycles. The first kappa shape index (κ1) is 17.7. The summed E-state index contributed by atoms with van der Waals surface area (Å²) in [5, 5.41) is 0.605. The molecule has 0 aliphatic heterocycles. The van der Waals surface area contributed by atoms with Gasteiger partial charge in [-0.3, -0.25) is 4.79 Å². The van der Waals surface area contributed by atoms with Gasteiger partial charge in [-0.05, 0) is 42.0 Å². The highest BCUT2D eigenvalue weighted by atomic mass is 35.5. The molecule has 0 aliphatic carbocycles. The van der Waals surface area contributed by atoms with Crippen LogP contribution in [0, 0.1) is 0 Å². The number of rotatable bonds is 4. The molecular weight excluding hydrogens is 356 g/mol. The number of nitrogens with one attached hydrogen (secondary N) is 1. The van der Waals surface area contributed by atoms with Crippen LogP contribution >= 0.6 is 11.6 Å². The number of aromatic nitrogens is 2. The number of hydrogen-bond donors (Lipinski definition) is 1. The Morgan fingerprint density at radius 3 is 2.73 bits per heavy atom. The van der Waals surface area contributed by atoms with E-state index in [0.717, 1.165) is 5.56 Å². The normalized spacial score (nSPS) is 11.4. The van der Waals surface area contributed by atoms with Crippen molar-refractivity contribution in [2.45, 2.75) is 0 Å². The molecule has 0 bridgehead atoms. The molecule has 0 spiro atoms. The number of carbonyl (C=O) groups is 1. The van der Waals surface area contributed by atoms with Gasteiger partial charge in [0.2, 0.25) is 0 Å². The van der Waals surface area contributed by atoms with Gasteiger partial charge in [-0.25, -0.2) is 9.78 Å². The van der Waals surface area contributed by atoms with Gasteiger partial charge >= 0.3 is 5.97 Å². The van der Waals surface area contributed by atoms with Crippen molar-refractivity contribution < 1.29 is 14.3 Å². The molecule has 0 radical (unpaired) electrons. The number of aromatic amines is 1. The molecule has 3 rings (SSSR count). The highest BCUT2D eigenvalue weighted by Gasteiger charge is 2.11. The van der Waals surface area contributed by atoms with E-state index in [2.05, 4.69) is 9.97 Å². The Balaban J connectivity index is 2.07. The predicted octanol–water partition coefficient (Wildman–Crippen LogP) is 3.46. The topological polar surface area (TPSA) is 81.3 Å². The van der Waals surface area contributed by atoms with Gasteiger partial charge in [0.25, 0.3) is 5.56 Å². The minimum absolute atomic E-state index is 0.203. The number of halogens is 1. The third kappa shape index (κ3) is 3.60. The van der Waals surface area contributed by atoms with E-state index in [1.165, 1.54) is 25.3 Å². The number of methoxy groups -OCH3 is 2. The zero-order chi connectivity index (χ0) is 18.7. The lowest BCUT2D eigenvalue weighted by molar-refractivity contribution is 0.0601. The van der Waals surface area contributed by atoms with Crippen molar-refractivity contribution >= 4 is 39.6 Å². The Hall–Kier alpha value is -3.12. The molecule has 0 amide bonds. The monoisotopic (exact) mass is 370 g/mol. The maximum Gasteiger partial charge on any atom is 0.337 e. The maximum atomic E-state index is 12.3. The third-order valence-corrected chi connectivity index (χ3v) is 4.03. The molecule has 0 fully saturated rings. The maximum absolute atomic E-state index is 12.3. The molecule has 7 heteroatoms. The van der Waals surface area contributed by atoms with Crippen LogP contribution in [-0.4, -0.2) is 30.2 Å². The zero-order valence-electron chi connectivity index (χ0n) is 14.1. The van der Waals surface area contributed by atoms with E-state index in [-0.39, 0.29) is 16.4 Å². The number of nitrogens with zero attached hydrogens (tertiary/aromatic N) is 1. The smallest absolute Gasteiger partial charge is 0.337 e. The van der Waals surface area contributed by atoms with E-state index in [9.17, 15) is 9.59 Å². The Morgan fingerprint density at radius 2 is 2.00 bits per heavy atom. The van der Waals surface area contributed by atoms with Crippen LogP contribution in [0.15, 0.2) is 47.3 Å². The molecule has 1 heterocycles. The van der Waals surface area contributed by atoms with Crippen LogP contribution < -0.4 is 10.3 Å². The lowest BCUT2D eigenvalue weighted by atomic mass is 10.1. The first-order valence-electron chi connectivity index (χ1n) is 7.66. The van der Waals surface area contributed by atoms with Crippen molar-refractivity contribution in [2.24, 2.45) is 0 Å². The summed E-state index contributed by atoms with van der Waals surface area (Å²) in [5.74, 6) is 0.383. The van der Waals surface area contributed by atoms with Gasteiger partial charge in [-0.2, -0.15) is 0 Å². The second kappa shape index (κ2) is 7.41. The van der Waals surface area contributed by atoms with Crippen LogP contribution in [0.4, 0.5) is 0 Å². The molecule has 0 atom stereocenters. The standard InChI is InChI=1S/C19H15ClN2O4/c1-25-13-5-3-4-11(8-13)9-15(20)17-21-16-10-12(19(24)26-2)6-7-14(16)18(23)22-17/h3-10H,1-2H3,(H,21,22,23)/b15-9-. The van der Waals surface area contributed by atoms with Gasteiger partial charge in [0.05, 0.1) is 35.7 Å². The number of carbonyl (C=O) groups excluding carboxylic acids is 1. The second-order valence-electron chi connectivity index (χ2n) is 5.41. The highest BCUT2D eigenvalue weighted by molar-refractivity contribution is 6.50. The molecular formula is C19H15ClN2O4.